The van der Waals surface area contributed by atoms with Gasteiger partial charge in [-0.2, -0.15) is 0 Å². The highest BCUT2D eigenvalue weighted by Crippen LogP contribution is 2.40. The molecule has 0 saturated carbocycles. The summed E-state index contributed by atoms with van der Waals surface area (Å²) in [6.07, 6.45) is 3.26. The molecule has 146 valence electrons. The van der Waals surface area contributed by atoms with Gasteiger partial charge >= 0.3 is 0 Å². The average Bonchev–Trinajstić information content (AvgIpc) is 2.69. The topological polar surface area (TPSA) is 81.7 Å². The highest BCUT2D eigenvalue weighted by molar-refractivity contribution is 5.92. The van der Waals surface area contributed by atoms with Crippen molar-refractivity contribution < 1.29 is 19.0 Å². The van der Waals surface area contributed by atoms with Crippen LogP contribution in [0.4, 0.5) is 17.2 Å². The van der Waals surface area contributed by atoms with E-state index >= 15 is 0 Å². The number of hydrogen-bond acceptors (Lipinski definition) is 6. The summed E-state index contributed by atoms with van der Waals surface area (Å²) in [6, 6.07) is 7.21. The number of ether oxygens (including phenoxy) is 3. The molecule has 2 N–H and O–H groups in total. The fourth-order valence-corrected chi connectivity index (χ4v) is 2.75. The number of hydrogen-bond donors (Lipinski definition) is 2. The zero-order valence-electron chi connectivity index (χ0n) is 16.5. The van der Waals surface area contributed by atoms with Crippen LogP contribution in [-0.4, -0.2) is 32.2 Å². The van der Waals surface area contributed by atoms with Crippen molar-refractivity contribution in [2.24, 2.45) is 5.92 Å². The molecule has 27 heavy (non-hydrogen) atoms. The van der Waals surface area contributed by atoms with E-state index < -0.39 is 0 Å². The number of anilines is 3. The number of carbonyl (C=O) groups is 1. The highest BCUT2D eigenvalue weighted by atomic mass is 16.5. The third-order valence-corrected chi connectivity index (χ3v) is 4.32. The molecule has 0 aliphatic rings. The second kappa shape index (κ2) is 9.66. The van der Waals surface area contributed by atoms with Crippen LogP contribution in [0.25, 0.3) is 0 Å². The van der Waals surface area contributed by atoms with E-state index in [-0.39, 0.29) is 11.8 Å². The highest BCUT2D eigenvalue weighted by Gasteiger charge is 2.15. The molecule has 1 heterocycles. The third-order valence-electron chi connectivity index (χ3n) is 4.32. The van der Waals surface area contributed by atoms with Gasteiger partial charge in [0, 0.05) is 23.7 Å². The first-order valence-electron chi connectivity index (χ1n) is 8.90. The Kier molecular flexibility index (Phi) is 7.28. The zero-order valence-corrected chi connectivity index (χ0v) is 16.5. The van der Waals surface area contributed by atoms with Crippen LogP contribution < -0.4 is 24.8 Å². The van der Waals surface area contributed by atoms with Gasteiger partial charge in [-0.3, -0.25) is 4.79 Å². The molecular weight excluding hydrogens is 346 g/mol. The maximum Gasteiger partial charge on any atom is 0.227 e. The van der Waals surface area contributed by atoms with Crippen molar-refractivity contribution in [3.8, 4) is 17.2 Å². The molecule has 7 heteroatoms. The van der Waals surface area contributed by atoms with Crippen LogP contribution in [-0.2, 0) is 4.79 Å². The lowest BCUT2D eigenvalue weighted by atomic mass is 10.0. The SMILES string of the molecule is CCC(CC)C(=O)Nc1ccc(Nc2cc(OC)c(OC)c(OC)c2)nc1. The molecule has 0 radical (unpaired) electrons. The normalized spacial score (nSPS) is 10.4. The summed E-state index contributed by atoms with van der Waals surface area (Å²) >= 11 is 0. The zero-order chi connectivity index (χ0) is 19.8. The Morgan fingerprint density at radius 1 is 1.00 bits per heavy atom. The minimum atomic E-state index is 0.0158. The standard InChI is InChI=1S/C20H27N3O4/c1-6-13(7-2)20(24)23-14-8-9-18(21-12-14)22-15-10-16(25-3)19(27-5)17(11-15)26-4/h8-13H,6-7H2,1-5H3,(H,21,22)(H,23,24). The number of aromatic nitrogens is 1. The molecule has 0 aliphatic carbocycles. The summed E-state index contributed by atoms with van der Waals surface area (Å²) in [5.74, 6) is 2.29. The molecule has 0 aliphatic heterocycles. The lowest BCUT2D eigenvalue weighted by Crippen LogP contribution is -2.21. The van der Waals surface area contributed by atoms with Crippen LogP contribution in [0, 0.1) is 5.92 Å². The fourth-order valence-electron chi connectivity index (χ4n) is 2.75. The molecule has 0 bridgehead atoms. The number of pyridine rings is 1. The predicted octanol–water partition coefficient (Wildman–Crippen LogP) is 4.23. The molecule has 2 rings (SSSR count). The van der Waals surface area contributed by atoms with Crippen molar-refractivity contribution in [1.82, 2.24) is 4.98 Å². The molecule has 1 amide bonds. The number of nitrogens with one attached hydrogen (secondary N) is 2. The van der Waals surface area contributed by atoms with Gasteiger partial charge < -0.3 is 24.8 Å². The van der Waals surface area contributed by atoms with Crippen molar-refractivity contribution in [3.05, 3.63) is 30.5 Å². The van der Waals surface area contributed by atoms with Crippen LogP contribution in [0.2, 0.25) is 0 Å². The number of nitrogens with zero attached hydrogens (tertiary/aromatic N) is 1. The van der Waals surface area contributed by atoms with Crippen molar-refractivity contribution in [2.45, 2.75) is 26.7 Å². The maximum atomic E-state index is 12.2. The van der Waals surface area contributed by atoms with Gasteiger partial charge in [-0.05, 0) is 25.0 Å². The lowest BCUT2D eigenvalue weighted by Gasteiger charge is -2.15. The van der Waals surface area contributed by atoms with Crippen molar-refractivity contribution in [3.63, 3.8) is 0 Å². The van der Waals surface area contributed by atoms with Crippen molar-refractivity contribution in [1.29, 1.82) is 0 Å². The average molecular weight is 373 g/mol. The van der Waals surface area contributed by atoms with Crippen molar-refractivity contribution >= 4 is 23.1 Å². The van der Waals surface area contributed by atoms with Crippen LogP contribution in [0.15, 0.2) is 30.5 Å². The number of methoxy groups -OCH3 is 3. The van der Waals surface area contributed by atoms with E-state index in [2.05, 4.69) is 15.6 Å². The van der Waals surface area contributed by atoms with Gasteiger partial charge in [0.15, 0.2) is 11.5 Å². The Labute approximate surface area is 160 Å². The summed E-state index contributed by atoms with van der Waals surface area (Å²) in [5, 5.41) is 6.09. The smallest absolute Gasteiger partial charge is 0.227 e. The van der Waals surface area contributed by atoms with Gasteiger partial charge in [-0.15, -0.1) is 0 Å². The summed E-state index contributed by atoms with van der Waals surface area (Å²) in [4.78, 5) is 16.5. The minimum Gasteiger partial charge on any atom is -0.493 e. The summed E-state index contributed by atoms with van der Waals surface area (Å²) in [5.41, 5.74) is 1.41. The van der Waals surface area contributed by atoms with Gasteiger partial charge in [-0.1, -0.05) is 13.8 Å². The van der Waals surface area contributed by atoms with Crippen LogP contribution >= 0.6 is 0 Å². The Hall–Kier alpha value is -2.96. The Morgan fingerprint density at radius 2 is 1.63 bits per heavy atom. The first kappa shape index (κ1) is 20.4. The monoisotopic (exact) mass is 373 g/mol. The predicted molar refractivity (Wildman–Crippen MR) is 106 cm³/mol. The minimum absolute atomic E-state index is 0.0158. The van der Waals surface area contributed by atoms with E-state index in [1.54, 1.807) is 45.7 Å². The first-order chi connectivity index (χ1) is 13.1. The number of benzene rings is 1. The van der Waals surface area contributed by atoms with Gasteiger partial charge in [0.25, 0.3) is 0 Å². The van der Waals surface area contributed by atoms with E-state index in [1.807, 2.05) is 19.9 Å². The number of amides is 1. The molecular formula is C20H27N3O4. The van der Waals surface area contributed by atoms with Crippen LogP contribution in [0.3, 0.4) is 0 Å². The second-order valence-corrected chi connectivity index (χ2v) is 5.97. The van der Waals surface area contributed by atoms with Crippen molar-refractivity contribution in [2.75, 3.05) is 32.0 Å². The summed E-state index contributed by atoms with van der Waals surface area (Å²) < 4.78 is 16.0. The Bertz CT molecular complexity index is 733. The van der Waals surface area contributed by atoms with Crippen LogP contribution in [0.1, 0.15) is 26.7 Å². The third kappa shape index (κ3) is 5.03. The lowest BCUT2D eigenvalue weighted by molar-refractivity contribution is -0.120. The van der Waals surface area contributed by atoms with E-state index in [4.69, 9.17) is 14.2 Å². The molecule has 0 spiro atoms. The van der Waals surface area contributed by atoms with E-state index in [9.17, 15) is 4.79 Å². The molecule has 0 saturated heterocycles. The maximum absolute atomic E-state index is 12.2. The largest absolute Gasteiger partial charge is 0.493 e. The van der Waals surface area contributed by atoms with E-state index in [0.29, 0.717) is 28.8 Å². The summed E-state index contributed by atoms with van der Waals surface area (Å²) in [6.45, 7) is 4.02. The second-order valence-electron chi connectivity index (χ2n) is 5.97. The van der Waals surface area contributed by atoms with Gasteiger partial charge in [-0.25, -0.2) is 4.98 Å². The van der Waals surface area contributed by atoms with E-state index in [0.717, 1.165) is 18.5 Å². The molecule has 1 aromatic carbocycles. The molecule has 0 atom stereocenters. The number of carbonyl (C=O) groups excluding carboxylic acids is 1. The van der Waals surface area contributed by atoms with Gasteiger partial charge in [0.05, 0.1) is 33.2 Å². The molecule has 7 nitrogen and oxygen atoms in total. The molecule has 1 aromatic heterocycles. The fraction of sp³-hybridized carbons (Fsp3) is 0.400. The Balaban J connectivity index is 2.13. The molecule has 0 unspecified atom stereocenters. The van der Waals surface area contributed by atoms with E-state index in [1.165, 1.54) is 0 Å². The van der Waals surface area contributed by atoms with Gasteiger partial charge in [0.1, 0.15) is 5.82 Å². The summed E-state index contributed by atoms with van der Waals surface area (Å²) in [7, 11) is 4.69. The quantitative estimate of drug-likeness (QED) is 0.685. The number of rotatable bonds is 9. The first-order valence-corrected chi connectivity index (χ1v) is 8.90. The van der Waals surface area contributed by atoms with Gasteiger partial charge in [0.2, 0.25) is 11.7 Å². The van der Waals surface area contributed by atoms with Crippen LogP contribution in [0.5, 0.6) is 17.2 Å². The molecule has 2 aromatic rings. The molecule has 0 fully saturated rings. The Morgan fingerprint density at radius 3 is 2.07 bits per heavy atom.